The fraction of sp³-hybridized carbons (Fsp3) is 0.263. The molecule has 8 nitrogen and oxygen atoms in total. The number of carbonyl (C=O) groups excluding carboxylic acids is 1. The zero-order valence-electron chi connectivity index (χ0n) is 15.9. The third-order valence-corrected chi connectivity index (χ3v) is 4.53. The van der Waals surface area contributed by atoms with Gasteiger partial charge in [0, 0.05) is 36.4 Å². The van der Waals surface area contributed by atoms with Crippen LogP contribution in [0.4, 0.5) is 0 Å². The summed E-state index contributed by atoms with van der Waals surface area (Å²) in [6.07, 6.45) is 2.70. The Bertz CT molecular complexity index is 976. The van der Waals surface area contributed by atoms with Crippen molar-refractivity contribution in [1.82, 2.24) is 30.5 Å². The molecule has 1 aromatic carbocycles. The lowest BCUT2D eigenvalue weighted by atomic mass is 10.2. The molecule has 29 heavy (non-hydrogen) atoms. The molecule has 2 aromatic heterocycles. The Morgan fingerprint density at radius 3 is 2.72 bits per heavy atom. The zero-order valence-corrected chi connectivity index (χ0v) is 19.8. The SMILES string of the molecule is CN=C(NCCCNC(=O)c1cccc(Br)c1)NCc1nnc2ccccn12.I. The summed E-state index contributed by atoms with van der Waals surface area (Å²) < 4.78 is 2.81. The van der Waals surface area contributed by atoms with Gasteiger partial charge in [0.05, 0.1) is 6.54 Å². The molecule has 3 aromatic rings. The van der Waals surface area contributed by atoms with E-state index >= 15 is 0 Å². The summed E-state index contributed by atoms with van der Waals surface area (Å²) in [5.74, 6) is 1.40. The van der Waals surface area contributed by atoms with E-state index in [4.69, 9.17) is 0 Å². The van der Waals surface area contributed by atoms with Crippen LogP contribution in [0.15, 0.2) is 58.1 Å². The number of aromatic nitrogens is 3. The van der Waals surface area contributed by atoms with E-state index in [1.54, 1.807) is 19.2 Å². The monoisotopic (exact) mass is 571 g/mol. The van der Waals surface area contributed by atoms with Gasteiger partial charge in [-0.2, -0.15) is 0 Å². The van der Waals surface area contributed by atoms with E-state index < -0.39 is 0 Å². The average Bonchev–Trinajstić information content (AvgIpc) is 3.13. The molecular formula is C19H23BrIN7O. The van der Waals surface area contributed by atoms with E-state index in [2.05, 4.69) is 47.1 Å². The molecule has 0 aliphatic heterocycles. The lowest BCUT2D eigenvalue weighted by molar-refractivity contribution is 0.0953. The molecule has 10 heteroatoms. The van der Waals surface area contributed by atoms with Gasteiger partial charge in [0.1, 0.15) is 0 Å². The summed E-state index contributed by atoms with van der Waals surface area (Å²) in [4.78, 5) is 16.3. The first kappa shape index (κ1) is 23.1. The van der Waals surface area contributed by atoms with E-state index in [1.165, 1.54) is 0 Å². The van der Waals surface area contributed by atoms with Crippen molar-refractivity contribution in [1.29, 1.82) is 0 Å². The van der Waals surface area contributed by atoms with Crippen LogP contribution in [0.25, 0.3) is 5.65 Å². The number of halogens is 2. The molecule has 2 heterocycles. The second-order valence-electron chi connectivity index (χ2n) is 6.02. The maximum atomic E-state index is 12.1. The largest absolute Gasteiger partial charge is 0.356 e. The van der Waals surface area contributed by atoms with Crippen molar-refractivity contribution in [2.45, 2.75) is 13.0 Å². The topological polar surface area (TPSA) is 95.7 Å². The number of aliphatic imine (C=N–C) groups is 1. The van der Waals surface area contributed by atoms with Gasteiger partial charge in [-0.1, -0.05) is 28.1 Å². The van der Waals surface area contributed by atoms with Gasteiger partial charge in [0.2, 0.25) is 0 Å². The second kappa shape index (κ2) is 11.7. The molecule has 3 N–H and O–H groups in total. The maximum absolute atomic E-state index is 12.1. The summed E-state index contributed by atoms with van der Waals surface area (Å²) in [7, 11) is 1.71. The second-order valence-corrected chi connectivity index (χ2v) is 6.93. The molecule has 0 aliphatic rings. The van der Waals surface area contributed by atoms with E-state index in [1.807, 2.05) is 40.9 Å². The zero-order chi connectivity index (χ0) is 19.8. The first-order valence-electron chi connectivity index (χ1n) is 8.94. The molecule has 0 aliphatic carbocycles. The van der Waals surface area contributed by atoms with Crippen molar-refractivity contribution >= 4 is 57.4 Å². The van der Waals surface area contributed by atoms with Crippen molar-refractivity contribution in [3.8, 4) is 0 Å². The van der Waals surface area contributed by atoms with Gasteiger partial charge in [0.25, 0.3) is 5.91 Å². The Labute approximate surface area is 194 Å². The highest BCUT2D eigenvalue weighted by Gasteiger charge is 2.06. The number of benzene rings is 1. The lowest BCUT2D eigenvalue weighted by Gasteiger charge is -2.11. The molecule has 0 fully saturated rings. The number of hydrogen-bond acceptors (Lipinski definition) is 4. The van der Waals surface area contributed by atoms with E-state index in [9.17, 15) is 4.79 Å². The van der Waals surface area contributed by atoms with Crippen molar-refractivity contribution in [3.05, 3.63) is 64.5 Å². The summed E-state index contributed by atoms with van der Waals surface area (Å²) in [5.41, 5.74) is 1.45. The summed E-state index contributed by atoms with van der Waals surface area (Å²) in [6.45, 7) is 1.76. The third-order valence-electron chi connectivity index (χ3n) is 4.04. The fourth-order valence-electron chi connectivity index (χ4n) is 2.62. The molecule has 0 radical (unpaired) electrons. The van der Waals surface area contributed by atoms with Crippen molar-refractivity contribution in [2.24, 2.45) is 4.99 Å². The van der Waals surface area contributed by atoms with Crippen LogP contribution in [0.1, 0.15) is 22.6 Å². The average molecular weight is 572 g/mol. The highest BCUT2D eigenvalue weighted by Crippen LogP contribution is 2.11. The van der Waals surface area contributed by atoms with Crippen molar-refractivity contribution < 1.29 is 4.79 Å². The number of carbonyl (C=O) groups is 1. The number of fused-ring (bicyclic) bond motifs is 1. The van der Waals surface area contributed by atoms with E-state index in [0.717, 1.165) is 22.4 Å². The normalized spacial score (nSPS) is 11.0. The minimum atomic E-state index is -0.0810. The third kappa shape index (κ3) is 6.67. The molecule has 1 amide bonds. The van der Waals surface area contributed by atoms with Crippen LogP contribution in [-0.4, -0.2) is 46.6 Å². The number of nitrogens with zero attached hydrogens (tertiary/aromatic N) is 4. The van der Waals surface area contributed by atoms with Gasteiger partial charge >= 0.3 is 0 Å². The van der Waals surface area contributed by atoms with Crippen LogP contribution in [0.2, 0.25) is 0 Å². The lowest BCUT2D eigenvalue weighted by Crippen LogP contribution is -2.38. The van der Waals surface area contributed by atoms with Crippen LogP contribution >= 0.6 is 39.9 Å². The standard InChI is InChI=1S/C19H22BrN7O.HI/c1-21-19(24-13-17-26-25-16-8-2-3-11-27(16)17)23-10-5-9-22-18(28)14-6-4-7-15(20)12-14;/h2-4,6-8,11-12H,5,9-10,13H2,1H3,(H,22,28)(H2,21,23,24);1H. The van der Waals surface area contributed by atoms with Crippen molar-refractivity contribution in [3.63, 3.8) is 0 Å². The Morgan fingerprint density at radius 1 is 1.10 bits per heavy atom. The van der Waals surface area contributed by atoms with Crippen molar-refractivity contribution in [2.75, 3.05) is 20.1 Å². The number of guanidine groups is 1. The maximum Gasteiger partial charge on any atom is 0.251 e. The van der Waals surface area contributed by atoms with Crippen LogP contribution in [0, 0.1) is 0 Å². The van der Waals surface area contributed by atoms with Gasteiger partial charge < -0.3 is 16.0 Å². The Kier molecular flexibility index (Phi) is 9.32. The predicted octanol–water partition coefficient (Wildman–Crippen LogP) is 2.59. The Morgan fingerprint density at radius 2 is 1.93 bits per heavy atom. The van der Waals surface area contributed by atoms with Gasteiger partial charge in [-0.05, 0) is 36.8 Å². The van der Waals surface area contributed by atoms with Gasteiger partial charge in [-0.3, -0.25) is 14.2 Å². The van der Waals surface area contributed by atoms with Gasteiger partial charge in [-0.25, -0.2) is 0 Å². The molecule has 0 saturated heterocycles. The minimum Gasteiger partial charge on any atom is -0.356 e. The number of pyridine rings is 1. The predicted molar refractivity (Wildman–Crippen MR) is 128 cm³/mol. The molecule has 0 atom stereocenters. The quantitative estimate of drug-likeness (QED) is 0.175. The van der Waals surface area contributed by atoms with Gasteiger partial charge in [0.15, 0.2) is 17.4 Å². The highest BCUT2D eigenvalue weighted by molar-refractivity contribution is 14.0. The van der Waals surface area contributed by atoms with E-state index in [0.29, 0.717) is 31.2 Å². The first-order chi connectivity index (χ1) is 13.7. The first-order valence-corrected chi connectivity index (χ1v) is 9.73. The molecule has 0 unspecified atom stereocenters. The number of amides is 1. The fourth-order valence-corrected chi connectivity index (χ4v) is 3.02. The summed E-state index contributed by atoms with van der Waals surface area (Å²) >= 11 is 3.37. The van der Waals surface area contributed by atoms with Crippen LogP contribution in [0.5, 0.6) is 0 Å². The molecule has 0 spiro atoms. The van der Waals surface area contributed by atoms with Crippen LogP contribution < -0.4 is 16.0 Å². The van der Waals surface area contributed by atoms with Gasteiger partial charge in [-0.15, -0.1) is 34.2 Å². The molecular weight excluding hydrogens is 549 g/mol. The minimum absolute atomic E-state index is 0. The number of rotatable bonds is 7. The van der Waals surface area contributed by atoms with Crippen LogP contribution in [-0.2, 0) is 6.54 Å². The summed E-state index contributed by atoms with van der Waals surface area (Å²) in [5, 5.41) is 17.7. The van der Waals surface area contributed by atoms with E-state index in [-0.39, 0.29) is 29.9 Å². The number of nitrogens with one attached hydrogen (secondary N) is 3. The Hall–Kier alpha value is -2.21. The molecule has 0 saturated carbocycles. The summed E-state index contributed by atoms with van der Waals surface area (Å²) in [6, 6.07) is 13.1. The number of hydrogen-bond donors (Lipinski definition) is 3. The highest BCUT2D eigenvalue weighted by atomic mass is 127. The molecule has 3 rings (SSSR count). The molecule has 0 bridgehead atoms. The smallest absolute Gasteiger partial charge is 0.251 e. The molecule has 154 valence electrons. The Balaban J connectivity index is 0.00000300. The van der Waals surface area contributed by atoms with Crippen LogP contribution in [0.3, 0.4) is 0 Å².